The molecule has 0 aromatic heterocycles. The second kappa shape index (κ2) is 8.07. The van der Waals surface area contributed by atoms with E-state index in [1.807, 2.05) is 0 Å². The lowest BCUT2D eigenvalue weighted by Crippen LogP contribution is -2.41. The molecule has 2 fully saturated rings. The van der Waals surface area contributed by atoms with Crippen LogP contribution in [-0.2, 0) is 9.59 Å². The maximum absolute atomic E-state index is 12.7. The molecule has 2 aliphatic rings. The summed E-state index contributed by atoms with van der Waals surface area (Å²) in [6.07, 6.45) is 0.562. The monoisotopic (exact) mass is 374 g/mol. The molecule has 0 radical (unpaired) electrons. The molecule has 0 saturated carbocycles. The molecule has 2 saturated heterocycles. The van der Waals surface area contributed by atoms with Crippen molar-refractivity contribution in [3.8, 4) is 5.75 Å². The number of hydrogen-bond acceptors (Lipinski definition) is 5. The number of rotatable bonds is 4. The van der Waals surface area contributed by atoms with Gasteiger partial charge in [-0.3, -0.25) is 19.7 Å². The minimum atomic E-state index is -0.831. The fourth-order valence-electron chi connectivity index (χ4n) is 3.21. The van der Waals surface area contributed by atoms with Crippen LogP contribution in [0.2, 0.25) is 0 Å². The minimum Gasteiger partial charge on any atom is -0.497 e. The van der Waals surface area contributed by atoms with Gasteiger partial charge in [0.2, 0.25) is 5.91 Å². The van der Waals surface area contributed by atoms with Crippen LogP contribution in [0.15, 0.2) is 24.3 Å². The van der Waals surface area contributed by atoms with Gasteiger partial charge in [-0.1, -0.05) is 6.07 Å². The average molecular weight is 374 g/mol. The summed E-state index contributed by atoms with van der Waals surface area (Å²) in [6, 6.07) is 5.56. The van der Waals surface area contributed by atoms with Crippen LogP contribution in [0.1, 0.15) is 23.2 Å². The van der Waals surface area contributed by atoms with Crippen molar-refractivity contribution in [2.24, 2.45) is 0 Å². The van der Waals surface area contributed by atoms with Crippen molar-refractivity contribution in [1.82, 2.24) is 20.4 Å². The third kappa shape index (κ3) is 4.36. The van der Waals surface area contributed by atoms with Crippen LogP contribution in [-0.4, -0.2) is 72.9 Å². The Morgan fingerprint density at radius 3 is 2.59 bits per heavy atom. The zero-order valence-corrected chi connectivity index (χ0v) is 15.1. The number of carbonyl (C=O) groups is 4. The first kappa shape index (κ1) is 18.7. The number of urea groups is 1. The van der Waals surface area contributed by atoms with E-state index in [-0.39, 0.29) is 18.2 Å². The molecule has 1 atom stereocenters. The van der Waals surface area contributed by atoms with Gasteiger partial charge in [0, 0.05) is 31.7 Å². The van der Waals surface area contributed by atoms with Crippen LogP contribution in [0.3, 0.4) is 0 Å². The highest BCUT2D eigenvalue weighted by Crippen LogP contribution is 2.16. The maximum atomic E-state index is 12.7. The predicted molar refractivity (Wildman–Crippen MR) is 95.2 cm³/mol. The Labute approximate surface area is 156 Å². The van der Waals surface area contributed by atoms with Crippen molar-refractivity contribution in [3.05, 3.63) is 29.8 Å². The van der Waals surface area contributed by atoms with Gasteiger partial charge in [0.05, 0.1) is 13.5 Å². The summed E-state index contributed by atoms with van der Waals surface area (Å²) < 4.78 is 5.16. The Hall–Kier alpha value is -3.10. The van der Waals surface area contributed by atoms with Gasteiger partial charge in [0.15, 0.2) is 0 Å². The van der Waals surface area contributed by atoms with Gasteiger partial charge in [-0.15, -0.1) is 0 Å². The third-order valence-electron chi connectivity index (χ3n) is 4.69. The Morgan fingerprint density at radius 2 is 1.89 bits per heavy atom. The fraction of sp³-hybridized carbons (Fsp3) is 0.444. The first-order valence-corrected chi connectivity index (χ1v) is 8.80. The molecule has 1 aromatic carbocycles. The molecule has 27 heavy (non-hydrogen) atoms. The molecule has 2 aliphatic heterocycles. The van der Waals surface area contributed by atoms with E-state index in [0.29, 0.717) is 43.9 Å². The Bertz CT molecular complexity index is 766. The molecule has 1 aromatic rings. The van der Waals surface area contributed by atoms with E-state index in [4.69, 9.17) is 4.74 Å². The van der Waals surface area contributed by atoms with Gasteiger partial charge in [0.25, 0.3) is 11.8 Å². The van der Waals surface area contributed by atoms with Crippen LogP contribution in [0.25, 0.3) is 0 Å². The van der Waals surface area contributed by atoms with E-state index in [1.165, 1.54) is 0 Å². The van der Waals surface area contributed by atoms with Crippen LogP contribution in [0.4, 0.5) is 4.79 Å². The van der Waals surface area contributed by atoms with Crippen LogP contribution in [0, 0.1) is 0 Å². The smallest absolute Gasteiger partial charge is 0.322 e. The lowest BCUT2D eigenvalue weighted by molar-refractivity contribution is -0.133. The van der Waals surface area contributed by atoms with Gasteiger partial charge < -0.3 is 19.9 Å². The topological polar surface area (TPSA) is 108 Å². The van der Waals surface area contributed by atoms with Crippen molar-refractivity contribution in [2.45, 2.75) is 18.9 Å². The molecule has 144 valence electrons. The third-order valence-corrected chi connectivity index (χ3v) is 4.69. The number of ether oxygens (including phenoxy) is 1. The quantitative estimate of drug-likeness (QED) is 0.720. The zero-order valence-electron chi connectivity index (χ0n) is 15.1. The Kier molecular flexibility index (Phi) is 5.58. The highest BCUT2D eigenvalue weighted by molar-refractivity contribution is 6.05. The molecule has 9 heteroatoms. The molecule has 0 aliphatic carbocycles. The molecular weight excluding hydrogens is 352 g/mol. The number of nitrogens with one attached hydrogen (secondary N) is 2. The molecular formula is C18H22N4O5. The van der Waals surface area contributed by atoms with Gasteiger partial charge in [0.1, 0.15) is 11.8 Å². The van der Waals surface area contributed by atoms with E-state index in [2.05, 4.69) is 10.6 Å². The van der Waals surface area contributed by atoms with Crippen molar-refractivity contribution in [1.29, 1.82) is 0 Å². The summed E-state index contributed by atoms with van der Waals surface area (Å²) in [6.45, 7) is 1.84. The number of imide groups is 1. The van der Waals surface area contributed by atoms with E-state index >= 15 is 0 Å². The van der Waals surface area contributed by atoms with Gasteiger partial charge in [-0.05, 0) is 24.6 Å². The lowest BCUT2D eigenvalue weighted by Gasteiger charge is -2.23. The number of methoxy groups -OCH3 is 1. The molecule has 2 heterocycles. The van der Waals surface area contributed by atoms with E-state index in [0.717, 1.165) is 0 Å². The molecule has 9 nitrogen and oxygen atoms in total. The first-order valence-electron chi connectivity index (χ1n) is 8.80. The highest BCUT2D eigenvalue weighted by atomic mass is 16.5. The largest absolute Gasteiger partial charge is 0.497 e. The van der Waals surface area contributed by atoms with Crippen molar-refractivity contribution >= 4 is 23.8 Å². The number of amides is 5. The molecule has 0 spiro atoms. The first-order chi connectivity index (χ1) is 13.0. The molecule has 1 unspecified atom stereocenters. The Morgan fingerprint density at radius 1 is 1.15 bits per heavy atom. The Balaban J connectivity index is 1.58. The lowest BCUT2D eigenvalue weighted by atomic mass is 10.2. The number of benzene rings is 1. The SMILES string of the molecule is COc1cccc(C(=O)N2CCCN(C(=O)CC3NC(=O)NC3=O)CC2)c1. The van der Waals surface area contributed by atoms with Crippen LogP contribution in [0.5, 0.6) is 5.75 Å². The summed E-state index contributed by atoms with van der Waals surface area (Å²) in [5, 5.41) is 4.54. The van der Waals surface area contributed by atoms with Crippen LogP contribution >= 0.6 is 0 Å². The predicted octanol–water partition coefficient (Wildman–Crippen LogP) is -0.0322. The second-order valence-electron chi connectivity index (χ2n) is 6.48. The van der Waals surface area contributed by atoms with Crippen molar-refractivity contribution in [2.75, 3.05) is 33.3 Å². The van der Waals surface area contributed by atoms with E-state index in [1.54, 1.807) is 41.2 Å². The number of nitrogens with zero attached hydrogens (tertiary/aromatic N) is 2. The maximum Gasteiger partial charge on any atom is 0.322 e. The zero-order chi connectivity index (χ0) is 19.4. The summed E-state index contributed by atoms with van der Waals surface area (Å²) in [5.74, 6) is -0.193. The van der Waals surface area contributed by atoms with Crippen molar-refractivity contribution in [3.63, 3.8) is 0 Å². The molecule has 0 bridgehead atoms. The van der Waals surface area contributed by atoms with Gasteiger partial charge in [-0.25, -0.2) is 4.79 Å². The fourth-order valence-corrected chi connectivity index (χ4v) is 3.21. The second-order valence-corrected chi connectivity index (χ2v) is 6.48. The van der Waals surface area contributed by atoms with Gasteiger partial charge in [-0.2, -0.15) is 0 Å². The number of hydrogen-bond donors (Lipinski definition) is 2. The van der Waals surface area contributed by atoms with Crippen molar-refractivity contribution < 1.29 is 23.9 Å². The minimum absolute atomic E-state index is 0.0819. The number of carbonyl (C=O) groups excluding carboxylic acids is 4. The average Bonchev–Trinajstić information content (AvgIpc) is 2.87. The van der Waals surface area contributed by atoms with E-state index < -0.39 is 18.0 Å². The summed E-state index contributed by atoms with van der Waals surface area (Å²) in [4.78, 5) is 51.3. The normalized spacial score (nSPS) is 20.0. The standard InChI is InChI=1S/C18H22N4O5/c1-27-13-5-2-4-12(10-13)17(25)22-7-3-6-21(8-9-22)15(23)11-14-16(24)20-18(26)19-14/h2,4-5,10,14H,3,6-9,11H2,1H3,(H2,19,20,24,26). The van der Waals surface area contributed by atoms with Gasteiger partial charge >= 0.3 is 6.03 Å². The summed E-state index contributed by atoms with van der Waals surface area (Å²) in [5.41, 5.74) is 0.541. The van der Waals surface area contributed by atoms with E-state index in [9.17, 15) is 19.2 Å². The highest BCUT2D eigenvalue weighted by Gasteiger charge is 2.33. The molecule has 3 rings (SSSR count). The molecule has 2 N–H and O–H groups in total. The molecule has 5 amide bonds. The van der Waals surface area contributed by atoms with Crippen LogP contribution < -0.4 is 15.4 Å². The summed E-state index contributed by atoms with van der Waals surface area (Å²) in [7, 11) is 1.55. The summed E-state index contributed by atoms with van der Waals surface area (Å²) >= 11 is 0.